The fourth-order valence-electron chi connectivity index (χ4n) is 11.6. The number of carbonyl (C=O) groups is 2. The summed E-state index contributed by atoms with van der Waals surface area (Å²) >= 11 is 2.57. The molecule has 63 heavy (non-hydrogen) atoms. The quantitative estimate of drug-likeness (QED) is 0.0570. The Bertz CT molecular complexity index is 1600. The Balaban J connectivity index is 0.000000322. The maximum absolute atomic E-state index is 13.0. The average molecular weight is 1340 g/mol. The van der Waals surface area contributed by atoms with Crippen LogP contribution in [-0.2, 0) is 19.1 Å². The van der Waals surface area contributed by atoms with Crippen molar-refractivity contribution in [2.75, 3.05) is 47.3 Å². The minimum atomic E-state index is -2.45. The molecular formula is C49H77F3I3N2O4PSn. The number of alkyl halides is 2. The second-order valence-electron chi connectivity index (χ2n) is 17.9. The van der Waals surface area contributed by atoms with Gasteiger partial charge >= 0.3 is 225 Å². The maximum atomic E-state index is 13.0. The molecule has 0 spiro atoms. The Hall–Kier alpha value is 0.509. The van der Waals surface area contributed by atoms with Crippen LogP contribution in [0.1, 0.15) is 134 Å². The summed E-state index contributed by atoms with van der Waals surface area (Å²) in [5, 5.41) is 0. The van der Waals surface area contributed by atoms with E-state index in [4.69, 9.17) is 10.8 Å². The number of carbonyl (C=O) groups excluding carboxylic acids is 2. The number of rotatable bonds is 20. The van der Waals surface area contributed by atoms with Gasteiger partial charge in [-0.25, -0.2) is 0 Å². The number of fused-ring (bicyclic) bond motifs is 4. The van der Waals surface area contributed by atoms with Crippen LogP contribution < -0.4 is 3.58 Å². The van der Waals surface area contributed by atoms with Crippen LogP contribution in [0.3, 0.4) is 0 Å². The van der Waals surface area contributed by atoms with E-state index in [0.29, 0.717) is 48.1 Å². The average Bonchev–Trinajstić information content (AvgIpc) is 3.75. The van der Waals surface area contributed by atoms with Gasteiger partial charge < -0.3 is 4.74 Å². The third-order valence-corrected chi connectivity index (χ3v) is 30.8. The van der Waals surface area contributed by atoms with Gasteiger partial charge in [0.05, 0.1) is 21.0 Å². The van der Waals surface area contributed by atoms with Crippen LogP contribution in [0.15, 0.2) is 48.5 Å². The number of hydrogen-bond donors (Lipinski definition) is 0. The predicted octanol–water partition coefficient (Wildman–Crippen LogP) is 13.9. The Morgan fingerprint density at radius 2 is 1.08 bits per heavy atom. The summed E-state index contributed by atoms with van der Waals surface area (Å²) in [4.78, 5) is 30.3. The molecule has 6 rings (SSSR count). The summed E-state index contributed by atoms with van der Waals surface area (Å²) in [7, 11) is 2.99. The molecule has 0 saturated carbocycles. The first-order valence-corrected chi connectivity index (χ1v) is 37.1. The van der Waals surface area contributed by atoms with E-state index in [1.807, 2.05) is 6.66 Å². The second kappa shape index (κ2) is 31.6. The normalized spacial score (nSPS) is 25.9. The number of ether oxygens (including phenoxy) is 2. The smallest absolute Gasteiger partial charge is 0.310 e. The van der Waals surface area contributed by atoms with Crippen molar-refractivity contribution in [1.82, 2.24) is 9.80 Å². The molecule has 0 amide bonds. The third kappa shape index (κ3) is 16.0. The largest absolute Gasteiger partial charge is 0.469 e. The fraction of sp³-hybridized carbons (Fsp3) is 0.714. The molecule has 4 saturated heterocycles. The number of methoxy groups -OCH3 is 2. The Morgan fingerprint density at radius 3 is 1.41 bits per heavy atom. The summed E-state index contributed by atoms with van der Waals surface area (Å²) in [6, 6.07) is 19.5. The van der Waals surface area contributed by atoms with Crippen molar-refractivity contribution in [2.45, 2.75) is 160 Å². The molecule has 4 fully saturated rings. The van der Waals surface area contributed by atoms with E-state index in [1.165, 1.54) is 80.8 Å². The van der Waals surface area contributed by atoms with Gasteiger partial charge in [-0.05, 0) is 72.6 Å². The van der Waals surface area contributed by atoms with Crippen molar-refractivity contribution in [3.63, 3.8) is 0 Å². The third-order valence-electron chi connectivity index (χ3n) is 14.5. The topological polar surface area (TPSA) is 59.1 Å². The SMILES string of the molecule is CCC[CH2][Sn]([CH2]CCC)([CH2]CCC)[c]1ccc(C2CC3CCC(C2C(=O)OC)N3CCCF)cc1.COC(=O)C1C(c2ccc([123I])cc2)CC2CCC1N2CCCF.F[123I].[3H]P(C)I. The van der Waals surface area contributed by atoms with Crippen LogP contribution in [0.25, 0.3) is 0 Å². The standard InChI is InChI=1S/C18H23FINO2.C18H23FNO2.3C4H9.CH4IP.FI.Sn/c1-23-18(22)17-15(12-3-5-13(20)6-4-12)11-14-7-8-16(17)21(14)10-2-9-19;1-22-18(21)17-15(13-6-3-2-4-7-13)12-14-8-9-16(17)20(14)11-5-10-19;3*1-3-4-2;1-3-2;1-2;/h3-6,14-17H,2,7-11H2,1H3;3-4,6-7,14-17H,5,8-12H2,1H3;3*1,3-4H2,2H3;3H,1H3;;/i20-4;;;;;3T;2-4;. The van der Waals surface area contributed by atoms with Gasteiger partial charge in [0.2, 0.25) is 0 Å². The first kappa shape index (κ1) is 56.1. The molecule has 9 unspecified atom stereocenters. The minimum absolute atomic E-state index is 0.0861. The summed E-state index contributed by atoms with van der Waals surface area (Å²) in [5.41, 5.74) is 2.54. The summed E-state index contributed by atoms with van der Waals surface area (Å²) in [6.07, 6.45) is 14.9. The van der Waals surface area contributed by atoms with Crippen molar-refractivity contribution >= 4 is 108 Å². The van der Waals surface area contributed by atoms with Crippen molar-refractivity contribution < 1.29 is 30.7 Å². The van der Waals surface area contributed by atoms with E-state index >= 15 is 0 Å². The summed E-state index contributed by atoms with van der Waals surface area (Å²) < 4.78 is 59.4. The number of nitrogens with zero attached hydrogens (tertiary/aromatic N) is 2. The predicted molar refractivity (Wildman–Crippen MR) is 287 cm³/mol. The van der Waals surface area contributed by atoms with Gasteiger partial charge in [0, 0.05) is 28.1 Å². The zero-order valence-corrected chi connectivity index (χ0v) is 49.1. The molecule has 0 aromatic heterocycles. The van der Waals surface area contributed by atoms with Crippen molar-refractivity contribution in [3.05, 3.63) is 63.2 Å². The van der Waals surface area contributed by atoms with Crippen LogP contribution in [0, 0.1) is 15.4 Å². The molecule has 4 heterocycles. The van der Waals surface area contributed by atoms with Crippen molar-refractivity contribution in [1.29, 1.82) is 1.28 Å². The fourth-order valence-corrected chi connectivity index (χ4v) is 27.8. The molecule has 2 aromatic carbocycles. The minimum Gasteiger partial charge on any atom is -0.469 e. The van der Waals surface area contributed by atoms with Gasteiger partial charge in [-0.1, -0.05) is 40.3 Å². The molecule has 6 nitrogen and oxygen atoms in total. The van der Waals surface area contributed by atoms with Gasteiger partial charge in [0.25, 0.3) is 0 Å². The molecule has 2 aromatic rings. The molecule has 4 aliphatic heterocycles. The number of esters is 2. The van der Waals surface area contributed by atoms with Gasteiger partial charge in [0.15, 0.2) is 23.2 Å². The van der Waals surface area contributed by atoms with Gasteiger partial charge in [-0.3, -0.25) is 14.1 Å². The Kier molecular flexibility index (Phi) is 28.1. The Morgan fingerprint density at radius 1 is 0.714 bits per heavy atom. The van der Waals surface area contributed by atoms with Crippen LogP contribution in [0.5, 0.6) is 0 Å². The number of benzene rings is 2. The number of hydrogen-bond acceptors (Lipinski definition) is 6. The van der Waals surface area contributed by atoms with E-state index in [0.717, 1.165) is 51.6 Å². The molecule has 0 aliphatic carbocycles. The zero-order chi connectivity index (χ0) is 47.2. The van der Waals surface area contributed by atoms with Crippen molar-refractivity contribution in [2.24, 2.45) is 11.8 Å². The molecule has 358 valence electrons. The van der Waals surface area contributed by atoms with Crippen LogP contribution >= 0.6 is 74.0 Å². The van der Waals surface area contributed by atoms with Crippen molar-refractivity contribution in [3.8, 4) is 0 Å². The molecule has 4 bridgehead atoms. The molecular weight excluding hydrogens is 1260 g/mol. The van der Waals surface area contributed by atoms with E-state index in [-0.39, 0.29) is 61.0 Å². The van der Waals surface area contributed by atoms with E-state index in [1.54, 1.807) is 3.58 Å². The monoisotopic (exact) mass is 1340 g/mol. The van der Waals surface area contributed by atoms with Gasteiger partial charge in [-0.15, -0.1) is 0 Å². The number of piperidine rings is 2. The van der Waals surface area contributed by atoms with Gasteiger partial charge in [0.1, 0.15) is 0 Å². The molecule has 4 aliphatic rings. The number of halogens is 6. The maximum Gasteiger partial charge on any atom is 0.310 e. The van der Waals surface area contributed by atoms with E-state index in [2.05, 4.69) is 124 Å². The molecule has 14 heteroatoms. The molecule has 0 N–H and O–H groups in total. The first-order valence-electron chi connectivity index (χ1n) is 24.1. The zero-order valence-electron chi connectivity index (χ0n) is 39.8. The first-order chi connectivity index (χ1) is 30.9. The van der Waals surface area contributed by atoms with E-state index < -0.39 is 24.5 Å². The number of unbranched alkanes of at least 4 members (excludes halogenated alkanes) is 3. The summed E-state index contributed by atoms with van der Waals surface area (Å²) in [6.45, 7) is 9.81. The van der Waals surface area contributed by atoms with Gasteiger partial charge in [-0.2, -0.15) is 2.86 Å². The second-order valence-corrected chi connectivity index (χ2v) is 35.6. The van der Waals surface area contributed by atoms with Crippen LogP contribution in [0.4, 0.5) is 11.6 Å². The molecule has 9 atom stereocenters. The van der Waals surface area contributed by atoms with Crippen LogP contribution in [-0.4, -0.2) is 113 Å². The molecule has 0 radical (unpaired) electrons. The van der Waals surface area contributed by atoms with Crippen LogP contribution in [0.2, 0.25) is 13.3 Å². The summed E-state index contributed by atoms with van der Waals surface area (Å²) in [5.74, 6) is -0.0712. The Labute approximate surface area is 427 Å². The van der Waals surface area contributed by atoms with E-state index in [9.17, 15) is 21.2 Å².